The second-order valence-electron chi connectivity index (χ2n) is 8.51. The van der Waals surface area contributed by atoms with Crippen molar-refractivity contribution in [2.75, 3.05) is 35.2 Å². The van der Waals surface area contributed by atoms with Crippen LogP contribution in [0.15, 0.2) is 66.9 Å². The normalized spacial score (nSPS) is 15.8. The Kier molecular flexibility index (Phi) is 6.04. The highest BCUT2D eigenvalue weighted by Crippen LogP contribution is 2.30. The summed E-state index contributed by atoms with van der Waals surface area (Å²) in [6.45, 7) is 3.62. The third-order valence-corrected chi connectivity index (χ3v) is 6.17. The van der Waals surface area contributed by atoms with Gasteiger partial charge in [-0.1, -0.05) is 48.5 Å². The number of pyridine rings is 1. The molecule has 168 valence electrons. The average Bonchev–Trinajstić information content (AvgIpc) is 3.36. The number of carbonyl (C=O) groups excluding carboxylic acids is 2. The van der Waals surface area contributed by atoms with E-state index in [4.69, 9.17) is 0 Å². The van der Waals surface area contributed by atoms with Crippen LogP contribution in [0, 0.1) is 0 Å². The van der Waals surface area contributed by atoms with Crippen LogP contribution in [0.25, 0.3) is 0 Å². The number of rotatable bonds is 6. The molecule has 0 spiro atoms. The van der Waals surface area contributed by atoms with E-state index in [1.165, 1.54) is 12.8 Å². The Hall–Kier alpha value is -3.71. The fraction of sp³-hybridized carbons (Fsp3) is 0.269. The molecule has 7 nitrogen and oxygen atoms in total. The van der Waals surface area contributed by atoms with E-state index in [2.05, 4.69) is 26.6 Å². The van der Waals surface area contributed by atoms with E-state index in [9.17, 15) is 9.59 Å². The first-order valence-corrected chi connectivity index (χ1v) is 11.4. The second kappa shape index (κ2) is 9.42. The lowest BCUT2D eigenvalue weighted by Gasteiger charge is -2.29. The first-order valence-electron chi connectivity index (χ1n) is 11.4. The third-order valence-electron chi connectivity index (χ3n) is 6.17. The monoisotopic (exact) mass is 441 g/mol. The lowest BCUT2D eigenvalue weighted by atomic mass is 10.1. The van der Waals surface area contributed by atoms with Crippen LogP contribution < -0.4 is 15.5 Å². The van der Waals surface area contributed by atoms with E-state index < -0.39 is 0 Å². The topological polar surface area (TPSA) is 77.6 Å². The average molecular weight is 442 g/mol. The van der Waals surface area contributed by atoms with Crippen LogP contribution in [-0.4, -0.2) is 41.3 Å². The zero-order valence-electron chi connectivity index (χ0n) is 18.5. The lowest BCUT2D eigenvalue weighted by molar-refractivity contribution is -0.117. The Bertz CT molecular complexity index is 1160. The molecule has 5 rings (SSSR count). The number of hydrogen-bond acceptors (Lipinski definition) is 5. The van der Waals surface area contributed by atoms with Crippen molar-refractivity contribution >= 4 is 29.0 Å². The summed E-state index contributed by atoms with van der Waals surface area (Å²) in [4.78, 5) is 34.4. The van der Waals surface area contributed by atoms with Crippen molar-refractivity contribution in [1.29, 1.82) is 0 Å². The third kappa shape index (κ3) is 4.73. The molecule has 3 heterocycles. The van der Waals surface area contributed by atoms with Crippen molar-refractivity contribution in [2.24, 2.45) is 0 Å². The number of nitrogens with zero attached hydrogens (tertiary/aromatic N) is 3. The summed E-state index contributed by atoms with van der Waals surface area (Å²) in [5, 5.41) is 6.11. The van der Waals surface area contributed by atoms with Gasteiger partial charge < -0.3 is 15.5 Å². The highest BCUT2D eigenvalue weighted by molar-refractivity contribution is 6.07. The molecule has 1 aromatic heterocycles. The molecule has 0 atom stereocenters. The Morgan fingerprint density at radius 3 is 2.58 bits per heavy atom. The van der Waals surface area contributed by atoms with E-state index in [1.807, 2.05) is 48.5 Å². The predicted octanol–water partition coefficient (Wildman–Crippen LogP) is 3.89. The Balaban J connectivity index is 1.37. The quantitative estimate of drug-likeness (QED) is 0.607. The van der Waals surface area contributed by atoms with Gasteiger partial charge in [0.1, 0.15) is 0 Å². The van der Waals surface area contributed by atoms with Crippen LogP contribution in [0.1, 0.15) is 34.3 Å². The van der Waals surface area contributed by atoms with Crippen LogP contribution >= 0.6 is 0 Å². The number of fused-ring (bicyclic) bond motifs is 1. The number of aromatic nitrogens is 1. The van der Waals surface area contributed by atoms with Gasteiger partial charge in [-0.25, -0.2) is 4.98 Å². The van der Waals surface area contributed by atoms with Crippen molar-refractivity contribution in [3.05, 3.63) is 83.6 Å². The number of benzene rings is 2. The summed E-state index contributed by atoms with van der Waals surface area (Å²) in [7, 11) is 0. The molecule has 3 aromatic rings. The first-order chi connectivity index (χ1) is 16.2. The zero-order chi connectivity index (χ0) is 22.6. The van der Waals surface area contributed by atoms with Crippen molar-refractivity contribution in [3.8, 4) is 0 Å². The molecular weight excluding hydrogens is 414 g/mol. The van der Waals surface area contributed by atoms with Crippen LogP contribution in [0.4, 0.5) is 17.2 Å². The molecule has 1 fully saturated rings. The molecule has 0 radical (unpaired) electrons. The molecular formula is C26H27N5O2. The molecule has 7 heteroatoms. The SMILES string of the molecule is O=C(Nc1ccccc1CN1CCCC1)c1cnc2c(c1)N(Cc1ccccc1)C(=O)CN2. The van der Waals surface area contributed by atoms with Crippen molar-refractivity contribution in [2.45, 2.75) is 25.9 Å². The molecule has 0 bridgehead atoms. The number of amides is 2. The summed E-state index contributed by atoms with van der Waals surface area (Å²) in [5.41, 5.74) is 3.96. The molecule has 2 aliphatic heterocycles. The standard InChI is InChI=1S/C26H27N5O2/c32-24-16-28-25-23(31(24)17-19-8-2-1-3-9-19)14-21(15-27-25)26(33)29-22-11-5-4-10-20(22)18-30-12-6-7-13-30/h1-5,8-11,14-15H,6-7,12-13,16-18H2,(H,27,28)(H,29,33). The number of para-hydroxylation sites is 1. The molecule has 2 N–H and O–H groups in total. The minimum Gasteiger partial charge on any atom is -0.359 e. The fourth-order valence-corrected chi connectivity index (χ4v) is 4.40. The lowest BCUT2D eigenvalue weighted by Crippen LogP contribution is -2.40. The van der Waals surface area contributed by atoms with Crippen LogP contribution in [-0.2, 0) is 17.9 Å². The van der Waals surface area contributed by atoms with Crippen molar-refractivity contribution in [3.63, 3.8) is 0 Å². The smallest absolute Gasteiger partial charge is 0.257 e. The van der Waals surface area contributed by atoms with Gasteiger partial charge in [-0.2, -0.15) is 0 Å². The zero-order valence-corrected chi connectivity index (χ0v) is 18.5. The van der Waals surface area contributed by atoms with Gasteiger partial charge in [-0.3, -0.25) is 14.5 Å². The molecule has 1 saturated heterocycles. The van der Waals surface area contributed by atoms with Gasteiger partial charge in [-0.05, 0) is 49.2 Å². The first kappa shape index (κ1) is 21.2. The molecule has 2 aliphatic rings. The van der Waals surface area contributed by atoms with Gasteiger partial charge >= 0.3 is 0 Å². The van der Waals surface area contributed by atoms with Gasteiger partial charge in [0.15, 0.2) is 5.82 Å². The highest BCUT2D eigenvalue weighted by Gasteiger charge is 2.26. The molecule has 0 saturated carbocycles. The Morgan fingerprint density at radius 2 is 1.76 bits per heavy atom. The number of likely N-dealkylation sites (tertiary alicyclic amines) is 1. The van der Waals surface area contributed by atoms with Crippen LogP contribution in [0.3, 0.4) is 0 Å². The van der Waals surface area contributed by atoms with Gasteiger partial charge in [0.2, 0.25) is 5.91 Å². The van der Waals surface area contributed by atoms with Crippen LogP contribution in [0.5, 0.6) is 0 Å². The number of anilines is 3. The van der Waals surface area contributed by atoms with Crippen molar-refractivity contribution < 1.29 is 9.59 Å². The van der Waals surface area contributed by atoms with Gasteiger partial charge in [0.25, 0.3) is 5.91 Å². The van der Waals surface area contributed by atoms with E-state index in [0.717, 1.165) is 36.4 Å². The summed E-state index contributed by atoms with van der Waals surface area (Å²) in [6.07, 6.45) is 4.00. The number of nitrogens with one attached hydrogen (secondary N) is 2. The van der Waals surface area contributed by atoms with Crippen molar-refractivity contribution in [1.82, 2.24) is 9.88 Å². The van der Waals surface area contributed by atoms with Gasteiger partial charge in [0.05, 0.1) is 24.3 Å². The summed E-state index contributed by atoms with van der Waals surface area (Å²) in [5.74, 6) is 0.315. The fourth-order valence-electron chi connectivity index (χ4n) is 4.40. The molecule has 33 heavy (non-hydrogen) atoms. The highest BCUT2D eigenvalue weighted by atomic mass is 16.2. The minimum atomic E-state index is -0.239. The van der Waals surface area contributed by atoms with Crippen LogP contribution in [0.2, 0.25) is 0 Å². The minimum absolute atomic E-state index is 0.0540. The van der Waals surface area contributed by atoms with E-state index in [0.29, 0.717) is 23.6 Å². The summed E-state index contributed by atoms with van der Waals surface area (Å²) >= 11 is 0. The number of hydrogen-bond donors (Lipinski definition) is 2. The maximum atomic E-state index is 13.1. The molecule has 2 amide bonds. The summed E-state index contributed by atoms with van der Waals surface area (Å²) in [6, 6.07) is 19.5. The van der Waals surface area contributed by atoms with E-state index >= 15 is 0 Å². The second-order valence-corrected chi connectivity index (χ2v) is 8.51. The predicted molar refractivity (Wildman–Crippen MR) is 129 cm³/mol. The molecule has 0 aliphatic carbocycles. The Morgan fingerprint density at radius 1 is 1.00 bits per heavy atom. The molecule has 0 unspecified atom stereocenters. The summed E-state index contributed by atoms with van der Waals surface area (Å²) < 4.78 is 0. The maximum Gasteiger partial charge on any atom is 0.257 e. The van der Waals surface area contributed by atoms with Gasteiger partial charge in [0, 0.05) is 18.4 Å². The molecule has 2 aromatic carbocycles. The van der Waals surface area contributed by atoms with E-state index in [-0.39, 0.29) is 18.4 Å². The number of carbonyl (C=O) groups is 2. The Labute approximate surface area is 193 Å². The van der Waals surface area contributed by atoms with Gasteiger partial charge in [-0.15, -0.1) is 0 Å². The largest absolute Gasteiger partial charge is 0.359 e. The maximum absolute atomic E-state index is 13.1. The van der Waals surface area contributed by atoms with E-state index in [1.54, 1.807) is 17.2 Å².